The minimum absolute atomic E-state index is 0.169. The Balaban J connectivity index is 1.88. The molecular formula is C10H11N5OS. The molecule has 2 aromatic heterocycles. The van der Waals surface area contributed by atoms with Crippen LogP contribution >= 0.6 is 11.5 Å². The highest BCUT2D eigenvalue weighted by Crippen LogP contribution is 2.28. The van der Waals surface area contributed by atoms with E-state index in [4.69, 9.17) is 0 Å². The van der Waals surface area contributed by atoms with Crippen molar-refractivity contribution < 1.29 is 4.79 Å². The molecule has 88 valence electrons. The van der Waals surface area contributed by atoms with Crippen LogP contribution in [-0.2, 0) is 19.9 Å². The van der Waals surface area contributed by atoms with Crippen molar-refractivity contribution in [2.45, 2.75) is 19.3 Å². The number of nitrogens with zero attached hydrogens (tertiary/aromatic N) is 4. The molecule has 3 rings (SSSR count). The first-order chi connectivity index (χ1) is 8.25. The molecule has 6 nitrogen and oxygen atoms in total. The monoisotopic (exact) mass is 249 g/mol. The maximum atomic E-state index is 11.9. The van der Waals surface area contributed by atoms with Gasteiger partial charge in [0, 0.05) is 12.6 Å². The third kappa shape index (κ3) is 1.72. The number of nitrogens with one attached hydrogen (secondary N) is 1. The van der Waals surface area contributed by atoms with E-state index in [0.29, 0.717) is 4.88 Å². The molecule has 0 aromatic carbocycles. The summed E-state index contributed by atoms with van der Waals surface area (Å²) in [6.07, 6.45) is 4.57. The van der Waals surface area contributed by atoms with Gasteiger partial charge in [0.05, 0.1) is 11.9 Å². The molecule has 17 heavy (non-hydrogen) atoms. The van der Waals surface area contributed by atoms with Crippen molar-refractivity contribution >= 4 is 23.3 Å². The predicted octanol–water partition coefficient (Wildman–Crippen LogP) is 1.01. The van der Waals surface area contributed by atoms with Crippen molar-refractivity contribution in [2.75, 3.05) is 5.32 Å². The molecule has 0 spiro atoms. The molecule has 0 aliphatic heterocycles. The van der Waals surface area contributed by atoms with Crippen molar-refractivity contribution in [3.63, 3.8) is 0 Å². The van der Waals surface area contributed by atoms with Crippen LogP contribution < -0.4 is 5.32 Å². The smallest absolute Gasteiger partial charge is 0.270 e. The number of amides is 1. The molecule has 7 heteroatoms. The van der Waals surface area contributed by atoms with Crippen LogP contribution in [0, 0.1) is 0 Å². The Kier molecular flexibility index (Phi) is 2.40. The van der Waals surface area contributed by atoms with Crippen LogP contribution in [0.4, 0.5) is 5.82 Å². The molecule has 1 aliphatic carbocycles. The number of anilines is 1. The van der Waals surface area contributed by atoms with Gasteiger partial charge in [-0.15, -0.1) is 5.10 Å². The maximum absolute atomic E-state index is 11.9. The third-order valence-electron chi connectivity index (χ3n) is 2.89. The highest BCUT2D eigenvalue weighted by molar-refractivity contribution is 7.07. The fourth-order valence-corrected chi connectivity index (χ4v) is 2.52. The number of aryl methyl sites for hydroxylation is 2. The topological polar surface area (TPSA) is 72.7 Å². The van der Waals surface area contributed by atoms with Crippen molar-refractivity contribution in [1.82, 2.24) is 19.4 Å². The van der Waals surface area contributed by atoms with E-state index in [1.165, 1.54) is 11.8 Å². The summed E-state index contributed by atoms with van der Waals surface area (Å²) in [5.41, 5.74) is 2.27. The molecule has 0 atom stereocenters. The van der Waals surface area contributed by atoms with Gasteiger partial charge in [-0.05, 0) is 30.8 Å². The van der Waals surface area contributed by atoms with Gasteiger partial charge in [-0.2, -0.15) is 5.10 Å². The maximum Gasteiger partial charge on any atom is 0.270 e. The predicted molar refractivity (Wildman–Crippen MR) is 63.1 cm³/mol. The largest absolute Gasteiger partial charge is 0.306 e. The lowest BCUT2D eigenvalue weighted by Crippen LogP contribution is -2.14. The normalized spacial score (nSPS) is 13.7. The Morgan fingerprint density at radius 3 is 3.18 bits per heavy atom. The lowest BCUT2D eigenvalue weighted by Gasteiger charge is -2.05. The summed E-state index contributed by atoms with van der Waals surface area (Å²) >= 11 is 1.09. The van der Waals surface area contributed by atoms with Gasteiger partial charge in [0.15, 0.2) is 0 Å². The molecule has 2 heterocycles. The summed E-state index contributed by atoms with van der Waals surface area (Å²) in [7, 11) is 1.85. The number of carbonyl (C=O) groups is 1. The molecular weight excluding hydrogens is 238 g/mol. The number of hydrogen-bond acceptors (Lipinski definition) is 5. The second-order valence-corrected chi connectivity index (χ2v) is 4.77. The van der Waals surface area contributed by atoms with Crippen molar-refractivity contribution in [1.29, 1.82) is 0 Å². The van der Waals surface area contributed by atoms with E-state index in [9.17, 15) is 4.79 Å². The van der Waals surface area contributed by atoms with E-state index >= 15 is 0 Å². The van der Waals surface area contributed by atoms with Crippen LogP contribution in [0.25, 0.3) is 0 Å². The van der Waals surface area contributed by atoms with Gasteiger partial charge in [-0.1, -0.05) is 4.49 Å². The molecule has 0 fully saturated rings. The number of carbonyl (C=O) groups excluding carboxylic acids is 1. The zero-order valence-corrected chi connectivity index (χ0v) is 10.1. The molecule has 0 bridgehead atoms. The molecule has 0 radical (unpaired) electrons. The number of rotatable bonds is 2. The minimum Gasteiger partial charge on any atom is -0.306 e. The summed E-state index contributed by atoms with van der Waals surface area (Å²) in [5, 5.41) is 10.9. The minimum atomic E-state index is -0.169. The number of hydrogen-bond donors (Lipinski definition) is 1. The van der Waals surface area contributed by atoms with E-state index < -0.39 is 0 Å². The summed E-state index contributed by atoms with van der Waals surface area (Å²) in [6.45, 7) is 0. The molecule has 0 saturated carbocycles. The second kappa shape index (κ2) is 3.92. The fourth-order valence-electron chi connectivity index (χ4n) is 2.11. The van der Waals surface area contributed by atoms with Crippen molar-refractivity contribution in [2.24, 2.45) is 7.05 Å². The van der Waals surface area contributed by atoms with Gasteiger partial charge < -0.3 is 5.32 Å². The molecule has 1 amide bonds. The van der Waals surface area contributed by atoms with E-state index in [2.05, 4.69) is 20.0 Å². The van der Waals surface area contributed by atoms with Gasteiger partial charge in [-0.25, -0.2) is 0 Å². The van der Waals surface area contributed by atoms with Crippen LogP contribution in [0.15, 0.2) is 6.20 Å². The molecule has 0 unspecified atom stereocenters. The fraction of sp³-hybridized carbons (Fsp3) is 0.400. The lowest BCUT2D eigenvalue weighted by atomic mass is 10.2. The van der Waals surface area contributed by atoms with Gasteiger partial charge in [-0.3, -0.25) is 9.48 Å². The Hall–Kier alpha value is -1.76. The average molecular weight is 249 g/mol. The average Bonchev–Trinajstić information content (AvgIpc) is 2.98. The standard InChI is InChI=1S/C10H11N5OS/c1-15-9(6-3-2-4-7(6)13-15)12-10(16)8-5-11-14-17-8/h5H,2-4H2,1H3,(H,12,16). The lowest BCUT2D eigenvalue weighted by molar-refractivity contribution is 0.102. The zero-order valence-electron chi connectivity index (χ0n) is 9.30. The Morgan fingerprint density at radius 2 is 2.41 bits per heavy atom. The summed E-state index contributed by atoms with van der Waals surface area (Å²) < 4.78 is 5.41. The van der Waals surface area contributed by atoms with Crippen molar-refractivity contribution in [3.8, 4) is 0 Å². The Labute approximate surface area is 102 Å². The van der Waals surface area contributed by atoms with Crippen molar-refractivity contribution in [3.05, 3.63) is 22.3 Å². The van der Waals surface area contributed by atoms with Gasteiger partial charge in [0.1, 0.15) is 10.7 Å². The van der Waals surface area contributed by atoms with E-state index in [1.54, 1.807) is 4.68 Å². The molecule has 1 N–H and O–H groups in total. The van der Waals surface area contributed by atoms with Gasteiger partial charge >= 0.3 is 0 Å². The van der Waals surface area contributed by atoms with Crippen LogP contribution in [0.1, 0.15) is 27.3 Å². The molecule has 2 aromatic rings. The SMILES string of the molecule is Cn1nc2c(c1NC(=O)c1cnns1)CCC2. The first kappa shape index (κ1) is 10.4. The highest BCUT2D eigenvalue weighted by Gasteiger charge is 2.22. The number of fused-ring (bicyclic) bond motifs is 1. The zero-order chi connectivity index (χ0) is 11.8. The Morgan fingerprint density at radius 1 is 1.53 bits per heavy atom. The summed E-state index contributed by atoms with van der Waals surface area (Å²) in [4.78, 5) is 12.4. The van der Waals surface area contributed by atoms with E-state index in [0.717, 1.165) is 42.3 Å². The van der Waals surface area contributed by atoms with Gasteiger partial charge in [0.2, 0.25) is 0 Å². The first-order valence-electron chi connectivity index (χ1n) is 5.39. The molecule has 1 aliphatic rings. The quantitative estimate of drug-likeness (QED) is 0.862. The third-order valence-corrected chi connectivity index (χ3v) is 3.55. The molecule has 0 saturated heterocycles. The van der Waals surface area contributed by atoms with Gasteiger partial charge in [0.25, 0.3) is 5.91 Å². The summed E-state index contributed by atoms with van der Waals surface area (Å²) in [6, 6.07) is 0. The van der Waals surface area contributed by atoms with Crippen LogP contribution in [0.2, 0.25) is 0 Å². The number of aromatic nitrogens is 4. The summed E-state index contributed by atoms with van der Waals surface area (Å²) in [5.74, 6) is 0.633. The van der Waals surface area contributed by atoms with Crippen LogP contribution in [0.3, 0.4) is 0 Å². The van der Waals surface area contributed by atoms with Crippen LogP contribution in [0.5, 0.6) is 0 Å². The Bertz CT molecular complexity index is 560. The van der Waals surface area contributed by atoms with E-state index in [1.807, 2.05) is 7.05 Å². The first-order valence-corrected chi connectivity index (χ1v) is 6.16. The highest BCUT2D eigenvalue weighted by atomic mass is 32.1. The second-order valence-electron chi connectivity index (χ2n) is 3.99. The van der Waals surface area contributed by atoms with E-state index in [-0.39, 0.29) is 5.91 Å². The van der Waals surface area contributed by atoms with Crippen LogP contribution in [-0.4, -0.2) is 25.3 Å².